The Labute approximate surface area is 237 Å². The zero-order chi connectivity index (χ0) is 29.8. The average molecular weight is 581 g/mol. The number of imide groups is 1. The highest BCUT2D eigenvalue weighted by molar-refractivity contribution is 8.15. The lowest BCUT2D eigenvalue weighted by Crippen LogP contribution is -2.32. The van der Waals surface area contributed by atoms with Crippen LogP contribution in [0.4, 0.5) is 21.9 Å². The number of thioether (sulfide) groups is 1. The molecule has 0 bridgehead atoms. The van der Waals surface area contributed by atoms with E-state index in [1.165, 1.54) is 31.3 Å². The van der Waals surface area contributed by atoms with Gasteiger partial charge < -0.3 is 14.8 Å². The van der Waals surface area contributed by atoms with Crippen molar-refractivity contribution in [2.45, 2.75) is 25.5 Å². The van der Waals surface area contributed by atoms with Gasteiger partial charge in [0.05, 0.1) is 15.1 Å². The second-order valence-corrected chi connectivity index (χ2v) is 10.2. The Morgan fingerprint density at radius 3 is 2.17 bits per heavy atom. The average Bonchev–Trinajstić information content (AvgIpc) is 3.19. The molecule has 41 heavy (non-hydrogen) atoms. The number of nitrogens with one attached hydrogen (secondary N) is 1. The Morgan fingerprint density at radius 1 is 0.951 bits per heavy atom. The summed E-state index contributed by atoms with van der Waals surface area (Å²) >= 11 is 0.757. The minimum absolute atomic E-state index is 0.0517. The summed E-state index contributed by atoms with van der Waals surface area (Å²) < 4.78 is 11.2. The molecule has 1 N–H and O–H groups in total. The molecule has 1 fully saturated rings. The lowest BCUT2D eigenvalue weighted by atomic mass is 10.1. The number of nitro groups is 2. The highest BCUT2D eigenvalue weighted by Crippen LogP contribution is 2.41. The van der Waals surface area contributed by atoms with Crippen LogP contribution in [0, 0.1) is 34.1 Å². The van der Waals surface area contributed by atoms with Gasteiger partial charge in [0.2, 0.25) is 5.91 Å². The summed E-state index contributed by atoms with van der Waals surface area (Å²) in [4.78, 5) is 60.3. The van der Waals surface area contributed by atoms with Crippen LogP contribution in [-0.4, -0.2) is 45.8 Å². The number of carbonyl (C=O) groups excluding carboxylic acids is 3. The predicted octanol–water partition coefficient (Wildman–Crippen LogP) is 4.85. The van der Waals surface area contributed by atoms with Crippen molar-refractivity contribution < 1.29 is 33.7 Å². The number of nitrogens with zero attached hydrogens (tertiary/aromatic N) is 3. The van der Waals surface area contributed by atoms with Crippen LogP contribution in [0.2, 0.25) is 0 Å². The first-order chi connectivity index (χ1) is 19.5. The van der Waals surface area contributed by atoms with Gasteiger partial charge in [0, 0.05) is 30.3 Å². The number of nitro benzene ring substituents is 2. The van der Waals surface area contributed by atoms with Gasteiger partial charge in [0.1, 0.15) is 22.9 Å². The summed E-state index contributed by atoms with van der Waals surface area (Å²) in [5, 5.41) is 24.0. The maximum atomic E-state index is 13.3. The fourth-order valence-electron chi connectivity index (χ4n) is 4.26. The molecular weight excluding hydrogens is 556 g/mol. The molecule has 3 aromatic rings. The second kappa shape index (κ2) is 12.0. The number of carbonyl (C=O) groups is 3. The molecule has 1 saturated heterocycles. The molecule has 3 amide bonds. The van der Waals surface area contributed by atoms with E-state index in [9.17, 15) is 34.6 Å². The van der Waals surface area contributed by atoms with Gasteiger partial charge in [0.25, 0.3) is 22.5 Å². The lowest BCUT2D eigenvalue weighted by Gasteiger charge is -2.16. The van der Waals surface area contributed by atoms with Gasteiger partial charge in [-0.25, -0.2) is 4.90 Å². The van der Waals surface area contributed by atoms with Crippen molar-refractivity contribution in [3.63, 3.8) is 0 Å². The van der Waals surface area contributed by atoms with Gasteiger partial charge in [0.15, 0.2) is 6.61 Å². The zero-order valence-electron chi connectivity index (χ0n) is 22.1. The smallest absolute Gasteiger partial charge is 0.293 e. The highest BCUT2D eigenvalue weighted by Gasteiger charge is 2.43. The van der Waals surface area contributed by atoms with Crippen LogP contribution in [-0.2, 0) is 16.0 Å². The fraction of sp³-hybridized carbons (Fsp3) is 0.222. The highest BCUT2D eigenvalue weighted by atomic mass is 32.2. The van der Waals surface area contributed by atoms with E-state index in [1.54, 1.807) is 38.1 Å². The number of hydrogen-bond donors (Lipinski definition) is 1. The quantitative estimate of drug-likeness (QED) is 0.258. The van der Waals surface area contributed by atoms with E-state index in [-0.39, 0.29) is 41.8 Å². The number of rotatable bonds is 10. The number of hydrogen-bond acceptors (Lipinski definition) is 10. The van der Waals surface area contributed by atoms with Gasteiger partial charge in [-0.3, -0.25) is 34.6 Å². The van der Waals surface area contributed by atoms with Crippen molar-refractivity contribution in [3.05, 3.63) is 91.5 Å². The fourth-order valence-corrected chi connectivity index (χ4v) is 5.28. The number of benzene rings is 3. The van der Waals surface area contributed by atoms with E-state index in [0.717, 1.165) is 22.7 Å². The molecule has 212 valence electrons. The predicted molar refractivity (Wildman–Crippen MR) is 150 cm³/mol. The van der Waals surface area contributed by atoms with Crippen molar-refractivity contribution in [2.75, 3.05) is 18.6 Å². The van der Waals surface area contributed by atoms with Crippen molar-refractivity contribution >= 4 is 45.9 Å². The Morgan fingerprint density at radius 2 is 1.59 bits per heavy atom. The summed E-state index contributed by atoms with van der Waals surface area (Å²) in [6.45, 7) is 2.97. The monoisotopic (exact) mass is 580 g/mol. The number of likely N-dealkylation sites (N-methyl/N-ethyl adjacent to an activating group) is 1. The van der Waals surface area contributed by atoms with Crippen LogP contribution in [0.3, 0.4) is 0 Å². The standard InChI is InChI=1S/C27H24N4O9S/c1-15-10-20(11-16(2)25(15)31(37)38)40-19-8-9-21(30(35)36)22(13-19)29-26(33)23(41-27(29)34)12-17-4-6-18(7-5-17)39-14-24(32)28-3/h4-11,13,23H,12,14H2,1-3H3,(H,28,32). The molecule has 1 aliphatic heterocycles. The molecule has 4 rings (SSSR count). The van der Waals surface area contributed by atoms with Gasteiger partial charge in [-0.2, -0.15) is 0 Å². The number of anilines is 1. The van der Waals surface area contributed by atoms with E-state index in [4.69, 9.17) is 9.47 Å². The maximum Gasteiger partial charge on any atom is 0.293 e. The van der Waals surface area contributed by atoms with E-state index >= 15 is 0 Å². The topological polar surface area (TPSA) is 171 Å². The largest absolute Gasteiger partial charge is 0.484 e. The summed E-state index contributed by atoms with van der Waals surface area (Å²) in [7, 11) is 1.49. The first-order valence-corrected chi connectivity index (χ1v) is 13.0. The van der Waals surface area contributed by atoms with Crippen LogP contribution in [0.15, 0.2) is 54.6 Å². The van der Waals surface area contributed by atoms with Crippen LogP contribution < -0.4 is 19.7 Å². The van der Waals surface area contributed by atoms with Gasteiger partial charge >= 0.3 is 0 Å². The minimum atomic E-state index is -0.829. The lowest BCUT2D eigenvalue weighted by molar-refractivity contribution is -0.386. The first-order valence-electron chi connectivity index (χ1n) is 12.2. The van der Waals surface area contributed by atoms with E-state index in [0.29, 0.717) is 22.4 Å². The van der Waals surface area contributed by atoms with Gasteiger partial charge in [-0.05, 0) is 56.2 Å². The van der Waals surface area contributed by atoms with E-state index < -0.39 is 31.9 Å². The molecule has 1 aliphatic rings. The first kappa shape index (κ1) is 29.0. The third-order valence-electron chi connectivity index (χ3n) is 6.18. The molecular formula is C27H24N4O9S. The van der Waals surface area contributed by atoms with Crippen molar-refractivity contribution in [3.8, 4) is 17.2 Å². The van der Waals surface area contributed by atoms with Gasteiger partial charge in [-0.1, -0.05) is 23.9 Å². The minimum Gasteiger partial charge on any atom is -0.484 e. The summed E-state index contributed by atoms with van der Waals surface area (Å²) in [6.07, 6.45) is 0.173. The Bertz CT molecular complexity index is 1540. The Balaban J connectivity index is 1.55. The van der Waals surface area contributed by atoms with Gasteiger partial charge in [-0.15, -0.1) is 0 Å². The van der Waals surface area contributed by atoms with Crippen LogP contribution in [0.1, 0.15) is 16.7 Å². The van der Waals surface area contributed by atoms with Crippen LogP contribution in [0.25, 0.3) is 0 Å². The summed E-state index contributed by atoms with van der Waals surface area (Å²) in [5.74, 6) is -0.116. The number of ether oxygens (including phenoxy) is 2. The van der Waals surface area contributed by atoms with Crippen LogP contribution >= 0.6 is 11.8 Å². The molecule has 0 radical (unpaired) electrons. The molecule has 1 atom stereocenters. The molecule has 1 unspecified atom stereocenters. The molecule has 0 spiro atoms. The normalized spacial score (nSPS) is 14.6. The molecule has 0 aromatic heterocycles. The third-order valence-corrected chi connectivity index (χ3v) is 7.22. The summed E-state index contributed by atoms with van der Waals surface area (Å²) in [6, 6.07) is 13.3. The van der Waals surface area contributed by atoms with Crippen molar-refractivity contribution in [1.29, 1.82) is 0 Å². The molecule has 13 nitrogen and oxygen atoms in total. The number of amides is 3. The van der Waals surface area contributed by atoms with E-state index in [2.05, 4.69) is 5.32 Å². The third kappa shape index (κ3) is 6.44. The Kier molecular flexibility index (Phi) is 8.52. The zero-order valence-corrected chi connectivity index (χ0v) is 22.9. The maximum absolute atomic E-state index is 13.3. The number of aryl methyl sites for hydroxylation is 2. The molecule has 14 heteroatoms. The van der Waals surface area contributed by atoms with E-state index in [1.807, 2.05) is 0 Å². The molecule has 3 aromatic carbocycles. The SMILES string of the molecule is CNC(=O)COc1ccc(CC2SC(=O)N(c3cc(Oc4cc(C)c([N+](=O)[O-])c(C)c4)ccc3[N+](=O)[O-])C2=O)cc1. The second-order valence-electron chi connectivity index (χ2n) is 9.03. The molecule has 1 heterocycles. The summed E-state index contributed by atoms with van der Waals surface area (Å²) in [5.41, 5.74) is 0.682. The molecule has 0 aliphatic carbocycles. The van der Waals surface area contributed by atoms with Crippen molar-refractivity contribution in [2.24, 2.45) is 0 Å². The molecule has 0 saturated carbocycles. The Hall–Kier alpha value is -4.98. The van der Waals surface area contributed by atoms with Crippen molar-refractivity contribution in [1.82, 2.24) is 5.32 Å². The van der Waals surface area contributed by atoms with Crippen LogP contribution in [0.5, 0.6) is 17.2 Å².